The minimum absolute atomic E-state index is 0.136. The van der Waals surface area contributed by atoms with Gasteiger partial charge in [-0.05, 0) is 25.7 Å². The molecule has 2 N–H and O–H groups in total. The fourth-order valence-corrected chi connectivity index (χ4v) is 2.29. The van der Waals surface area contributed by atoms with E-state index in [9.17, 15) is 4.79 Å². The molecule has 1 atom stereocenters. The number of hydrogen-bond acceptors (Lipinski definition) is 4. The molecule has 0 spiro atoms. The molecule has 6 heteroatoms. The van der Waals surface area contributed by atoms with E-state index in [4.69, 9.17) is 22.1 Å². The molecule has 0 amide bonds. The van der Waals surface area contributed by atoms with Crippen LogP contribution in [-0.2, 0) is 11.3 Å². The molecule has 100 valence electrons. The van der Waals surface area contributed by atoms with Crippen molar-refractivity contribution in [2.75, 3.05) is 13.7 Å². The number of methoxy groups -OCH3 is 1. The van der Waals surface area contributed by atoms with Crippen LogP contribution in [0.4, 0.5) is 0 Å². The van der Waals surface area contributed by atoms with Crippen LogP contribution >= 0.6 is 11.6 Å². The summed E-state index contributed by atoms with van der Waals surface area (Å²) in [5.74, 6) is 0.121. The van der Waals surface area contributed by atoms with Gasteiger partial charge in [-0.2, -0.15) is 5.10 Å². The largest absolute Gasteiger partial charge is 0.383 e. The molecule has 2 rings (SSSR count). The lowest BCUT2D eigenvalue weighted by Crippen LogP contribution is -2.48. The summed E-state index contributed by atoms with van der Waals surface area (Å²) in [6, 6.07) is 0. The highest BCUT2D eigenvalue weighted by atomic mass is 35.5. The first-order valence-electron chi connectivity index (χ1n) is 6.02. The third kappa shape index (κ3) is 2.43. The molecule has 0 radical (unpaired) electrons. The Bertz CT molecular complexity index is 452. The molecule has 1 aliphatic carbocycles. The van der Waals surface area contributed by atoms with Gasteiger partial charge in [-0.1, -0.05) is 11.6 Å². The van der Waals surface area contributed by atoms with Gasteiger partial charge in [0.25, 0.3) is 0 Å². The molecule has 0 bridgehead atoms. The van der Waals surface area contributed by atoms with Gasteiger partial charge in [-0.25, -0.2) is 0 Å². The van der Waals surface area contributed by atoms with Crippen LogP contribution in [0.5, 0.6) is 0 Å². The van der Waals surface area contributed by atoms with Gasteiger partial charge in [-0.3, -0.25) is 9.48 Å². The predicted octanol–water partition coefficient (Wildman–Crippen LogP) is 1.49. The Labute approximate surface area is 111 Å². The average molecular weight is 272 g/mol. The van der Waals surface area contributed by atoms with Gasteiger partial charge in [0, 0.05) is 7.11 Å². The number of carbonyl (C=O) groups is 1. The van der Waals surface area contributed by atoms with Crippen LogP contribution in [0.25, 0.3) is 0 Å². The van der Waals surface area contributed by atoms with Crippen molar-refractivity contribution in [3.8, 4) is 0 Å². The SMILES string of the molecule is COCCn1ncc(Cl)c1C(=O)C(C)(N)C1CC1. The Morgan fingerprint density at radius 2 is 2.39 bits per heavy atom. The standard InChI is InChI=1S/C12H18ClN3O2/c1-12(14,8-3-4-8)11(17)10-9(13)7-15-16(10)5-6-18-2/h7-8H,3-6,14H2,1-2H3. The predicted molar refractivity (Wildman–Crippen MR) is 68.8 cm³/mol. The van der Waals surface area contributed by atoms with E-state index in [2.05, 4.69) is 5.10 Å². The summed E-state index contributed by atoms with van der Waals surface area (Å²) in [6.07, 6.45) is 3.48. The summed E-state index contributed by atoms with van der Waals surface area (Å²) in [5.41, 5.74) is 5.68. The van der Waals surface area contributed by atoms with Gasteiger partial charge >= 0.3 is 0 Å². The third-order valence-electron chi connectivity index (χ3n) is 3.43. The van der Waals surface area contributed by atoms with Gasteiger partial charge in [0.2, 0.25) is 5.78 Å². The number of nitrogens with two attached hydrogens (primary N) is 1. The molecule has 18 heavy (non-hydrogen) atoms. The Kier molecular flexibility index (Phi) is 3.75. The fraction of sp³-hybridized carbons (Fsp3) is 0.667. The van der Waals surface area contributed by atoms with Crippen molar-refractivity contribution < 1.29 is 9.53 Å². The average Bonchev–Trinajstić information content (AvgIpc) is 3.11. The second-order valence-corrected chi connectivity index (χ2v) is 5.35. The number of ketones is 1. The van der Waals surface area contributed by atoms with E-state index in [0.717, 1.165) is 12.8 Å². The van der Waals surface area contributed by atoms with Crippen LogP contribution in [0.3, 0.4) is 0 Å². The van der Waals surface area contributed by atoms with E-state index in [-0.39, 0.29) is 11.7 Å². The highest BCUT2D eigenvalue weighted by molar-refractivity contribution is 6.34. The maximum atomic E-state index is 12.5. The lowest BCUT2D eigenvalue weighted by molar-refractivity contribution is 0.0868. The number of carbonyl (C=O) groups excluding carboxylic acids is 1. The fourth-order valence-electron chi connectivity index (χ4n) is 2.06. The van der Waals surface area contributed by atoms with Gasteiger partial charge in [0.1, 0.15) is 5.69 Å². The summed E-state index contributed by atoms with van der Waals surface area (Å²) >= 11 is 6.05. The van der Waals surface area contributed by atoms with Crippen LogP contribution < -0.4 is 5.73 Å². The normalized spacial score (nSPS) is 18.7. The van der Waals surface area contributed by atoms with Crippen LogP contribution in [0, 0.1) is 5.92 Å². The van der Waals surface area contributed by atoms with Crippen LogP contribution in [0.15, 0.2) is 6.20 Å². The second kappa shape index (κ2) is 4.99. The molecule has 1 saturated carbocycles. The van der Waals surface area contributed by atoms with Crippen LogP contribution in [-0.4, -0.2) is 34.8 Å². The smallest absolute Gasteiger partial charge is 0.202 e. The number of Topliss-reactive ketones (excluding diaryl/α,β-unsaturated/α-hetero) is 1. The van der Waals surface area contributed by atoms with Gasteiger partial charge < -0.3 is 10.5 Å². The van der Waals surface area contributed by atoms with Crippen molar-refractivity contribution >= 4 is 17.4 Å². The number of halogens is 1. The number of hydrogen-bond donors (Lipinski definition) is 1. The highest BCUT2D eigenvalue weighted by Gasteiger charge is 2.45. The zero-order valence-electron chi connectivity index (χ0n) is 10.6. The topological polar surface area (TPSA) is 70.1 Å². The summed E-state index contributed by atoms with van der Waals surface area (Å²) in [5, 5.41) is 4.45. The summed E-state index contributed by atoms with van der Waals surface area (Å²) in [6.45, 7) is 2.74. The zero-order chi connectivity index (χ0) is 13.3. The maximum Gasteiger partial charge on any atom is 0.202 e. The molecule has 1 aromatic rings. The van der Waals surface area contributed by atoms with E-state index in [0.29, 0.717) is 23.9 Å². The maximum absolute atomic E-state index is 12.5. The second-order valence-electron chi connectivity index (χ2n) is 4.94. The minimum atomic E-state index is -0.853. The van der Waals surface area contributed by atoms with Crippen molar-refractivity contribution in [1.82, 2.24) is 9.78 Å². The zero-order valence-corrected chi connectivity index (χ0v) is 11.4. The molecule has 1 aromatic heterocycles. The number of aromatic nitrogens is 2. The van der Waals surface area contributed by atoms with E-state index in [1.54, 1.807) is 18.7 Å². The lowest BCUT2D eigenvalue weighted by atomic mass is 9.90. The van der Waals surface area contributed by atoms with Crippen molar-refractivity contribution in [2.24, 2.45) is 11.7 Å². The van der Waals surface area contributed by atoms with Gasteiger partial charge in [0.15, 0.2) is 0 Å². The van der Waals surface area contributed by atoms with Gasteiger partial charge in [-0.15, -0.1) is 0 Å². The molecular weight excluding hydrogens is 254 g/mol. The highest BCUT2D eigenvalue weighted by Crippen LogP contribution is 2.40. The Balaban J connectivity index is 2.26. The van der Waals surface area contributed by atoms with Crippen LogP contribution in [0.2, 0.25) is 5.02 Å². The van der Waals surface area contributed by atoms with E-state index in [1.807, 2.05) is 0 Å². The molecule has 1 fully saturated rings. The molecular formula is C12H18ClN3O2. The lowest BCUT2D eigenvalue weighted by Gasteiger charge is -2.23. The Hall–Kier alpha value is -0.910. The third-order valence-corrected chi connectivity index (χ3v) is 3.71. The molecule has 5 nitrogen and oxygen atoms in total. The first-order chi connectivity index (χ1) is 8.48. The molecule has 0 aromatic carbocycles. The summed E-state index contributed by atoms with van der Waals surface area (Å²) in [4.78, 5) is 12.5. The quantitative estimate of drug-likeness (QED) is 0.796. The number of nitrogens with zero attached hydrogens (tertiary/aromatic N) is 2. The minimum Gasteiger partial charge on any atom is -0.383 e. The molecule has 0 aliphatic heterocycles. The van der Waals surface area contributed by atoms with Crippen molar-refractivity contribution in [2.45, 2.75) is 31.8 Å². The summed E-state index contributed by atoms with van der Waals surface area (Å²) in [7, 11) is 1.60. The monoisotopic (exact) mass is 271 g/mol. The molecule has 0 saturated heterocycles. The Morgan fingerprint density at radius 1 is 1.72 bits per heavy atom. The number of ether oxygens (including phenoxy) is 1. The van der Waals surface area contributed by atoms with Crippen molar-refractivity contribution in [3.63, 3.8) is 0 Å². The molecule has 1 aliphatic rings. The molecule has 1 heterocycles. The van der Waals surface area contributed by atoms with Crippen molar-refractivity contribution in [1.29, 1.82) is 0 Å². The van der Waals surface area contributed by atoms with E-state index >= 15 is 0 Å². The van der Waals surface area contributed by atoms with E-state index < -0.39 is 5.54 Å². The number of rotatable bonds is 6. The van der Waals surface area contributed by atoms with Crippen LogP contribution in [0.1, 0.15) is 30.3 Å². The van der Waals surface area contributed by atoms with E-state index in [1.165, 1.54) is 6.20 Å². The Morgan fingerprint density at radius 3 is 2.94 bits per heavy atom. The van der Waals surface area contributed by atoms with Gasteiger partial charge in [0.05, 0.1) is 29.9 Å². The first-order valence-corrected chi connectivity index (χ1v) is 6.40. The van der Waals surface area contributed by atoms with Crippen molar-refractivity contribution in [3.05, 3.63) is 16.9 Å². The molecule has 1 unspecified atom stereocenters. The summed E-state index contributed by atoms with van der Waals surface area (Å²) < 4.78 is 6.56. The first kappa shape index (κ1) is 13.5.